The van der Waals surface area contributed by atoms with Gasteiger partial charge in [0.15, 0.2) is 5.78 Å². The average molecular weight is 479 g/mol. The number of para-hydroxylation sites is 1. The van der Waals surface area contributed by atoms with Gasteiger partial charge in [-0.2, -0.15) is 0 Å². The normalized spacial score (nSPS) is 11.1. The van der Waals surface area contributed by atoms with Crippen molar-refractivity contribution in [2.45, 2.75) is 39.5 Å². The van der Waals surface area contributed by atoms with Crippen LogP contribution >= 0.6 is 0 Å². The number of benzene rings is 3. The molecule has 0 fully saturated rings. The fraction of sp³-hybridized carbons (Fsp3) is 0.310. The van der Waals surface area contributed by atoms with E-state index in [1.54, 1.807) is 54.6 Å². The van der Waals surface area contributed by atoms with E-state index in [0.29, 0.717) is 23.8 Å². The van der Waals surface area contributed by atoms with Crippen LogP contribution in [0.25, 0.3) is 0 Å². The summed E-state index contributed by atoms with van der Waals surface area (Å²) in [6.07, 6.45) is 4.41. The van der Waals surface area contributed by atoms with Gasteiger partial charge >= 0.3 is 5.97 Å². The molecule has 0 radical (unpaired) electrons. The van der Waals surface area contributed by atoms with E-state index in [-0.39, 0.29) is 28.4 Å². The summed E-state index contributed by atoms with van der Waals surface area (Å²) in [7, 11) is 1.51. The second kappa shape index (κ2) is 14.5. The van der Waals surface area contributed by atoms with Gasteiger partial charge in [0.2, 0.25) is 0 Å². The van der Waals surface area contributed by atoms with Crippen LogP contribution in [0.2, 0.25) is 0 Å². The molecule has 0 aliphatic rings. The van der Waals surface area contributed by atoms with E-state index in [4.69, 9.17) is 9.47 Å². The predicted octanol–water partition coefficient (Wildman–Crippen LogP) is 6.40. The number of rotatable bonds is 10. The molecule has 0 saturated heterocycles. The second-order valence-corrected chi connectivity index (χ2v) is 8.11. The number of methoxy groups -OCH3 is 1. The zero-order chi connectivity index (χ0) is 25.6. The molecule has 1 unspecified atom stereocenters. The Balaban J connectivity index is 0.000000247. The highest BCUT2D eigenvalue weighted by molar-refractivity contribution is 6.10. The average Bonchev–Trinajstić information content (AvgIpc) is 2.89. The number of aromatic hydroxyl groups is 2. The van der Waals surface area contributed by atoms with Crippen LogP contribution in [0.1, 0.15) is 65.8 Å². The molecule has 0 amide bonds. The minimum Gasteiger partial charge on any atom is -0.507 e. The number of ether oxygens (including phenoxy) is 2. The van der Waals surface area contributed by atoms with Crippen molar-refractivity contribution in [2.75, 3.05) is 13.7 Å². The quantitative estimate of drug-likeness (QED) is 0.259. The van der Waals surface area contributed by atoms with Crippen molar-refractivity contribution < 1.29 is 29.3 Å². The van der Waals surface area contributed by atoms with E-state index in [0.717, 1.165) is 25.7 Å². The van der Waals surface area contributed by atoms with Crippen molar-refractivity contribution in [2.24, 2.45) is 5.92 Å². The lowest BCUT2D eigenvalue weighted by Gasteiger charge is -2.14. The highest BCUT2D eigenvalue weighted by atomic mass is 16.5. The number of unbranched alkanes of at least 4 members (excludes halogenated alkanes) is 1. The monoisotopic (exact) mass is 478 g/mol. The summed E-state index contributed by atoms with van der Waals surface area (Å²) in [6, 6.07) is 19.9. The molecule has 0 aromatic heterocycles. The molecule has 0 saturated carbocycles. The Kier molecular flexibility index (Phi) is 11.3. The van der Waals surface area contributed by atoms with Crippen LogP contribution in [-0.2, 0) is 4.74 Å². The Hall–Kier alpha value is -3.80. The molecular formula is C29H34O6. The maximum Gasteiger partial charge on any atom is 0.341 e. The van der Waals surface area contributed by atoms with Gasteiger partial charge in [-0.1, -0.05) is 75.6 Å². The Morgan fingerprint density at radius 1 is 0.857 bits per heavy atom. The first-order valence-corrected chi connectivity index (χ1v) is 11.8. The van der Waals surface area contributed by atoms with Gasteiger partial charge in [0.1, 0.15) is 22.8 Å². The third-order valence-corrected chi connectivity index (χ3v) is 5.60. The summed E-state index contributed by atoms with van der Waals surface area (Å²) >= 11 is 0. The Bertz CT molecular complexity index is 1080. The van der Waals surface area contributed by atoms with E-state index in [1.165, 1.54) is 19.2 Å². The Morgan fingerprint density at radius 3 is 2.14 bits per heavy atom. The van der Waals surface area contributed by atoms with Crippen LogP contribution in [0.4, 0.5) is 0 Å². The molecule has 0 aliphatic carbocycles. The van der Waals surface area contributed by atoms with Crippen molar-refractivity contribution in [1.82, 2.24) is 0 Å². The summed E-state index contributed by atoms with van der Waals surface area (Å²) in [5, 5.41) is 19.3. The lowest BCUT2D eigenvalue weighted by Crippen LogP contribution is -2.14. The van der Waals surface area contributed by atoms with Crippen LogP contribution in [-0.4, -0.2) is 35.7 Å². The lowest BCUT2D eigenvalue weighted by molar-refractivity contribution is 0.0425. The second-order valence-electron chi connectivity index (χ2n) is 8.11. The first-order valence-electron chi connectivity index (χ1n) is 11.8. The molecule has 0 bridgehead atoms. The van der Waals surface area contributed by atoms with Crippen molar-refractivity contribution in [1.29, 1.82) is 0 Å². The van der Waals surface area contributed by atoms with Gasteiger partial charge < -0.3 is 19.7 Å². The van der Waals surface area contributed by atoms with Gasteiger partial charge in [-0.05, 0) is 36.6 Å². The smallest absolute Gasteiger partial charge is 0.341 e. The van der Waals surface area contributed by atoms with Gasteiger partial charge in [0.25, 0.3) is 0 Å². The SMILES string of the molecule is CCCCC(CC)COC(=O)c1ccccc1O.COc1ccc(C(=O)c2ccccc2)c(O)c1. The first-order chi connectivity index (χ1) is 16.9. The fourth-order valence-corrected chi connectivity index (χ4v) is 3.39. The molecule has 35 heavy (non-hydrogen) atoms. The molecule has 2 N–H and O–H groups in total. The number of phenols is 2. The molecule has 0 spiro atoms. The summed E-state index contributed by atoms with van der Waals surface area (Å²) in [6.45, 7) is 4.69. The molecule has 6 nitrogen and oxygen atoms in total. The minimum absolute atomic E-state index is 0.0240. The van der Waals surface area contributed by atoms with Crippen molar-refractivity contribution in [3.05, 3.63) is 89.5 Å². The summed E-state index contributed by atoms with van der Waals surface area (Å²) in [4.78, 5) is 23.8. The largest absolute Gasteiger partial charge is 0.507 e. The maximum absolute atomic E-state index is 12.1. The van der Waals surface area contributed by atoms with Gasteiger partial charge in [-0.3, -0.25) is 4.79 Å². The summed E-state index contributed by atoms with van der Waals surface area (Å²) < 4.78 is 10.2. The number of ketones is 1. The highest BCUT2D eigenvalue weighted by Crippen LogP contribution is 2.25. The molecule has 0 aliphatic heterocycles. The van der Waals surface area contributed by atoms with E-state index in [1.807, 2.05) is 6.07 Å². The van der Waals surface area contributed by atoms with E-state index >= 15 is 0 Å². The van der Waals surface area contributed by atoms with E-state index in [2.05, 4.69) is 13.8 Å². The molecule has 3 aromatic rings. The van der Waals surface area contributed by atoms with Crippen LogP contribution in [0.5, 0.6) is 17.2 Å². The highest BCUT2D eigenvalue weighted by Gasteiger charge is 2.15. The molecule has 1 atom stereocenters. The predicted molar refractivity (Wildman–Crippen MR) is 136 cm³/mol. The van der Waals surface area contributed by atoms with Gasteiger partial charge in [-0.15, -0.1) is 0 Å². The van der Waals surface area contributed by atoms with E-state index in [9.17, 15) is 19.8 Å². The van der Waals surface area contributed by atoms with Crippen LogP contribution < -0.4 is 4.74 Å². The van der Waals surface area contributed by atoms with Crippen molar-refractivity contribution in [3.8, 4) is 17.2 Å². The van der Waals surface area contributed by atoms with Crippen molar-refractivity contribution in [3.63, 3.8) is 0 Å². The van der Waals surface area contributed by atoms with E-state index < -0.39 is 5.97 Å². The van der Waals surface area contributed by atoms with Gasteiger partial charge in [0, 0.05) is 11.6 Å². The zero-order valence-electron chi connectivity index (χ0n) is 20.6. The summed E-state index contributed by atoms with van der Waals surface area (Å²) in [5.74, 6) is 0.197. The standard InChI is InChI=1S/C15H22O3.C14H12O3/c1-3-5-8-12(4-2)11-18-15(17)13-9-6-7-10-14(13)16;1-17-11-7-8-12(13(15)9-11)14(16)10-5-3-2-4-6-10/h6-7,9-10,12,16H,3-5,8,11H2,1-2H3;2-9,15H,1H3. The van der Waals surface area contributed by atoms with Crippen LogP contribution in [0.3, 0.4) is 0 Å². The third-order valence-electron chi connectivity index (χ3n) is 5.60. The molecule has 0 heterocycles. The number of hydrogen-bond acceptors (Lipinski definition) is 6. The van der Waals surface area contributed by atoms with Crippen LogP contribution in [0.15, 0.2) is 72.8 Å². The molecular weight excluding hydrogens is 444 g/mol. The maximum atomic E-state index is 12.1. The first kappa shape index (κ1) is 27.4. The minimum atomic E-state index is -0.442. The zero-order valence-corrected chi connectivity index (χ0v) is 20.6. The fourth-order valence-electron chi connectivity index (χ4n) is 3.39. The summed E-state index contributed by atoms with van der Waals surface area (Å²) in [5.41, 5.74) is 1.06. The Labute approximate surface area is 207 Å². The lowest BCUT2D eigenvalue weighted by atomic mass is 10.0. The van der Waals surface area contributed by atoms with Crippen LogP contribution in [0, 0.1) is 5.92 Å². The topological polar surface area (TPSA) is 93.1 Å². The molecule has 6 heteroatoms. The number of phenolic OH excluding ortho intramolecular Hbond substituents is 2. The molecule has 186 valence electrons. The molecule has 3 rings (SSSR count). The number of hydrogen-bond donors (Lipinski definition) is 2. The third kappa shape index (κ3) is 8.49. The Morgan fingerprint density at radius 2 is 1.54 bits per heavy atom. The van der Waals surface area contributed by atoms with Gasteiger partial charge in [-0.25, -0.2) is 4.79 Å². The number of carbonyl (C=O) groups is 2. The number of esters is 1. The van der Waals surface area contributed by atoms with Gasteiger partial charge in [0.05, 0.1) is 19.3 Å². The number of carbonyl (C=O) groups excluding carboxylic acids is 2. The molecule has 3 aromatic carbocycles. The van der Waals surface area contributed by atoms with Crippen molar-refractivity contribution >= 4 is 11.8 Å².